The normalized spacial score (nSPS) is 10.3. The van der Waals surface area contributed by atoms with Crippen LogP contribution < -0.4 is 20.9 Å². The molecule has 27 heavy (non-hydrogen) atoms. The van der Waals surface area contributed by atoms with E-state index < -0.39 is 0 Å². The summed E-state index contributed by atoms with van der Waals surface area (Å²) in [5.74, 6) is 0.735. The summed E-state index contributed by atoms with van der Waals surface area (Å²) in [6, 6.07) is 19.7. The van der Waals surface area contributed by atoms with E-state index in [0.29, 0.717) is 18.8 Å². The minimum absolute atomic E-state index is 0.0292. The highest BCUT2D eigenvalue weighted by Gasteiger charge is 2.03. The Labute approximate surface area is 157 Å². The molecule has 1 heterocycles. The lowest BCUT2D eigenvalue weighted by Crippen LogP contribution is -2.28. The molecule has 2 aromatic carbocycles. The number of anilines is 1. The Balaban J connectivity index is 1.51. The van der Waals surface area contributed by atoms with Crippen molar-refractivity contribution in [1.29, 1.82) is 0 Å². The number of benzene rings is 2. The summed E-state index contributed by atoms with van der Waals surface area (Å²) in [5.41, 5.74) is 2.66. The number of pyridine rings is 1. The molecule has 0 aliphatic carbocycles. The molecule has 6 heteroatoms. The third-order valence-electron chi connectivity index (χ3n) is 4.08. The van der Waals surface area contributed by atoms with Crippen molar-refractivity contribution in [2.75, 3.05) is 12.4 Å². The summed E-state index contributed by atoms with van der Waals surface area (Å²) < 4.78 is 6.73. The molecule has 1 aromatic heterocycles. The molecule has 0 unspecified atom stereocenters. The second kappa shape index (κ2) is 8.71. The van der Waals surface area contributed by atoms with Gasteiger partial charge in [0.2, 0.25) is 0 Å². The number of nitrogens with zero attached hydrogens (tertiary/aromatic N) is 1. The van der Waals surface area contributed by atoms with E-state index in [1.54, 1.807) is 54.3 Å². The van der Waals surface area contributed by atoms with Gasteiger partial charge in [-0.05, 0) is 41.5 Å². The number of hydrogen-bond acceptors (Lipinski definition) is 3. The maximum absolute atomic E-state index is 12.0. The lowest BCUT2D eigenvalue weighted by molar-refractivity contribution is 0.251. The molecule has 6 nitrogen and oxygen atoms in total. The van der Waals surface area contributed by atoms with Crippen LogP contribution in [0.5, 0.6) is 5.75 Å². The molecular weight excluding hydrogens is 342 g/mol. The summed E-state index contributed by atoms with van der Waals surface area (Å²) in [7, 11) is 1.60. The molecule has 0 aliphatic heterocycles. The van der Waals surface area contributed by atoms with Crippen molar-refractivity contribution in [2.45, 2.75) is 13.1 Å². The summed E-state index contributed by atoms with van der Waals surface area (Å²) in [6.07, 6.45) is 1.77. The second-order valence-electron chi connectivity index (χ2n) is 6.02. The summed E-state index contributed by atoms with van der Waals surface area (Å²) in [4.78, 5) is 23.7. The third-order valence-corrected chi connectivity index (χ3v) is 4.08. The topological polar surface area (TPSA) is 72.4 Å². The molecule has 0 fully saturated rings. The highest BCUT2D eigenvalue weighted by molar-refractivity contribution is 5.89. The predicted octanol–water partition coefficient (Wildman–Crippen LogP) is 3.23. The number of urea groups is 1. The molecule has 0 aliphatic rings. The number of hydrogen-bond donors (Lipinski definition) is 2. The number of rotatable bonds is 6. The fourth-order valence-electron chi connectivity index (χ4n) is 2.58. The van der Waals surface area contributed by atoms with Gasteiger partial charge in [0.25, 0.3) is 5.56 Å². The van der Waals surface area contributed by atoms with E-state index in [-0.39, 0.29) is 11.6 Å². The van der Waals surface area contributed by atoms with Crippen molar-refractivity contribution in [3.8, 4) is 5.75 Å². The van der Waals surface area contributed by atoms with Gasteiger partial charge in [-0.1, -0.05) is 30.3 Å². The van der Waals surface area contributed by atoms with E-state index >= 15 is 0 Å². The number of carbonyl (C=O) groups excluding carboxylic acids is 1. The van der Waals surface area contributed by atoms with Crippen molar-refractivity contribution < 1.29 is 9.53 Å². The van der Waals surface area contributed by atoms with E-state index in [4.69, 9.17) is 4.74 Å². The first-order valence-corrected chi connectivity index (χ1v) is 8.56. The van der Waals surface area contributed by atoms with Crippen molar-refractivity contribution >= 4 is 11.7 Å². The van der Waals surface area contributed by atoms with E-state index in [1.807, 2.05) is 30.3 Å². The summed E-state index contributed by atoms with van der Waals surface area (Å²) >= 11 is 0. The van der Waals surface area contributed by atoms with Crippen LogP contribution >= 0.6 is 0 Å². The fraction of sp³-hybridized carbons (Fsp3) is 0.143. The van der Waals surface area contributed by atoms with Gasteiger partial charge in [0.1, 0.15) is 5.75 Å². The van der Waals surface area contributed by atoms with Gasteiger partial charge in [0, 0.05) is 24.5 Å². The molecule has 0 spiro atoms. The Morgan fingerprint density at radius 3 is 2.33 bits per heavy atom. The summed E-state index contributed by atoms with van der Waals surface area (Å²) in [5, 5.41) is 5.59. The largest absolute Gasteiger partial charge is 0.497 e. The lowest BCUT2D eigenvalue weighted by atomic mass is 10.1. The van der Waals surface area contributed by atoms with Gasteiger partial charge in [-0.15, -0.1) is 0 Å². The minimum atomic E-state index is -0.278. The number of carbonyl (C=O) groups is 1. The van der Waals surface area contributed by atoms with Gasteiger partial charge in [0.15, 0.2) is 0 Å². The number of aromatic nitrogens is 1. The monoisotopic (exact) mass is 363 g/mol. The molecule has 2 N–H and O–H groups in total. The molecule has 0 saturated carbocycles. The van der Waals surface area contributed by atoms with Crippen molar-refractivity contribution in [3.63, 3.8) is 0 Å². The first-order valence-electron chi connectivity index (χ1n) is 8.56. The van der Waals surface area contributed by atoms with Gasteiger partial charge in [-0.25, -0.2) is 4.79 Å². The average Bonchev–Trinajstić information content (AvgIpc) is 2.70. The Bertz CT molecular complexity index is 947. The molecular formula is C21H21N3O3. The minimum Gasteiger partial charge on any atom is -0.497 e. The Kier molecular flexibility index (Phi) is 5.89. The van der Waals surface area contributed by atoms with Crippen LogP contribution in [0.3, 0.4) is 0 Å². The number of methoxy groups -OCH3 is 1. The van der Waals surface area contributed by atoms with Gasteiger partial charge >= 0.3 is 6.03 Å². The van der Waals surface area contributed by atoms with Crippen LogP contribution in [0.4, 0.5) is 10.5 Å². The second-order valence-corrected chi connectivity index (χ2v) is 6.02. The zero-order valence-electron chi connectivity index (χ0n) is 15.0. The molecule has 0 saturated heterocycles. The Morgan fingerprint density at radius 2 is 1.67 bits per heavy atom. The molecule has 3 aromatic rings. The van der Waals surface area contributed by atoms with Crippen LogP contribution in [-0.4, -0.2) is 17.7 Å². The van der Waals surface area contributed by atoms with Crippen LogP contribution in [0.2, 0.25) is 0 Å². The van der Waals surface area contributed by atoms with Crippen molar-refractivity contribution in [3.05, 3.63) is 94.4 Å². The maximum atomic E-state index is 12.0. The first-order chi connectivity index (χ1) is 13.1. The van der Waals surface area contributed by atoms with Crippen LogP contribution in [0, 0.1) is 0 Å². The maximum Gasteiger partial charge on any atom is 0.319 e. The standard InChI is InChI=1S/C21H21N3O3/c1-27-19-11-9-18(10-12-19)23-21(26)22-14-16-5-7-17(8-6-16)15-24-13-3-2-4-20(24)25/h2-13H,14-15H2,1H3,(H2,22,23,26). The quantitative estimate of drug-likeness (QED) is 0.706. The fourth-order valence-corrected chi connectivity index (χ4v) is 2.58. The lowest BCUT2D eigenvalue weighted by Gasteiger charge is -2.09. The Morgan fingerprint density at radius 1 is 0.963 bits per heavy atom. The van der Waals surface area contributed by atoms with E-state index in [1.165, 1.54) is 0 Å². The van der Waals surface area contributed by atoms with Crippen LogP contribution in [0.25, 0.3) is 0 Å². The number of nitrogens with one attached hydrogen (secondary N) is 2. The molecule has 0 atom stereocenters. The molecule has 2 amide bonds. The Hall–Kier alpha value is -3.54. The zero-order valence-corrected chi connectivity index (χ0v) is 15.0. The predicted molar refractivity (Wildman–Crippen MR) is 105 cm³/mol. The van der Waals surface area contributed by atoms with Crippen molar-refractivity contribution in [1.82, 2.24) is 9.88 Å². The van der Waals surface area contributed by atoms with E-state index in [0.717, 1.165) is 16.9 Å². The van der Waals surface area contributed by atoms with Crippen LogP contribution in [0.15, 0.2) is 77.7 Å². The number of ether oxygens (including phenoxy) is 1. The van der Waals surface area contributed by atoms with Gasteiger partial charge in [-0.3, -0.25) is 4.79 Å². The first kappa shape index (κ1) is 18.3. The number of amides is 2. The third kappa shape index (κ3) is 5.22. The van der Waals surface area contributed by atoms with E-state index in [9.17, 15) is 9.59 Å². The highest BCUT2D eigenvalue weighted by Crippen LogP contribution is 2.14. The van der Waals surface area contributed by atoms with Gasteiger partial charge < -0.3 is 19.9 Å². The van der Waals surface area contributed by atoms with Gasteiger partial charge in [-0.2, -0.15) is 0 Å². The SMILES string of the molecule is COc1ccc(NC(=O)NCc2ccc(Cn3ccccc3=O)cc2)cc1. The molecule has 138 valence electrons. The van der Waals surface area contributed by atoms with Crippen molar-refractivity contribution in [2.24, 2.45) is 0 Å². The summed E-state index contributed by atoms with van der Waals surface area (Å²) in [6.45, 7) is 0.929. The van der Waals surface area contributed by atoms with E-state index in [2.05, 4.69) is 10.6 Å². The smallest absolute Gasteiger partial charge is 0.319 e. The molecule has 0 bridgehead atoms. The van der Waals surface area contributed by atoms with Gasteiger partial charge in [0.05, 0.1) is 13.7 Å². The average molecular weight is 363 g/mol. The molecule has 3 rings (SSSR count). The van der Waals surface area contributed by atoms with Crippen LogP contribution in [0.1, 0.15) is 11.1 Å². The highest BCUT2D eigenvalue weighted by atomic mass is 16.5. The zero-order chi connectivity index (χ0) is 19.1. The molecule has 0 radical (unpaired) electrons. The van der Waals surface area contributed by atoms with Crippen LogP contribution in [-0.2, 0) is 13.1 Å².